The summed E-state index contributed by atoms with van der Waals surface area (Å²) >= 11 is 0. The van der Waals surface area contributed by atoms with Crippen LogP contribution in [0.2, 0.25) is 0 Å². The number of hydrogen-bond donors (Lipinski definition) is 2. The first-order valence-electron chi connectivity index (χ1n) is 11.6. The van der Waals surface area contributed by atoms with Crippen molar-refractivity contribution in [2.45, 2.75) is 26.2 Å². The molecular formula is C27H33N3O4. The molecule has 0 aliphatic heterocycles. The number of aromatic amines is 2. The van der Waals surface area contributed by atoms with E-state index in [2.05, 4.69) is 21.8 Å². The lowest BCUT2D eigenvalue weighted by atomic mass is 10.2. The van der Waals surface area contributed by atoms with Crippen molar-refractivity contribution in [2.24, 2.45) is 0 Å². The molecular weight excluding hydrogens is 430 g/mol. The summed E-state index contributed by atoms with van der Waals surface area (Å²) in [5.74, 6) is 1.55. The molecule has 0 bridgehead atoms. The topological polar surface area (TPSA) is 87.4 Å². The lowest BCUT2D eigenvalue weighted by Crippen LogP contribution is -2.46. The second-order valence-electron chi connectivity index (χ2n) is 8.37. The Hall–Kier alpha value is -3.58. The van der Waals surface area contributed by atoms with Crippen molar-refractivity contribution in [2.75, 3.05) is 33.9 Å². The van der Waals surface area contributed by atoms with Gasteiger partial charge in [0.25, 0.3) is 11.1 Å². The zero-order valence-electron chi connectivity index (χ0n) is 20.1. The number of rotatable bonds is 11. The molecule has 0 atom stereocenters. The van der Waals surface area contributed by atoms with Crippen molar-refractivity contribution < 1.29 is 9.47 Å². The van der Waals surface area contributed by atoms with E-state index in [-0.39, 0.29) is 21.8 Å². The van der Waals surface area contributed by atoms with Gasteiger partial charge >= 0.3 is 0 Å². The fraction of sp³-hybridized carbons (Fsp3) is 0.333. The second-order valence-corrected chi connectivity index (χ2v) is 8.37. The van der Waals surface area contributed by atoms with Gasteiger partial charge in [0.1, 0.15) is 22.2 Å². The van der Waals surface area contributed by atoms with E-state index in [1.165, 1.54) is 0 Å². The quantitative estimate of drug-likeness (QED) is 0.426. The van der Waals surface area contributed by atoms with Gasteiger partial charge in [-0.25, -0.2) is 0 Å². The van der Waals surface area contributed by atoms with Gasteiger partial charge in [-0.1, -0.05) is 37.6 Å². The summed E-state index contributed by atoms with van der Waals surface area (Å²) in [5.41, 5.74) is 0.850. The van der Waals surface area contributed by atoms with Crippen molar-refractivity contribution in [1.29, 1.82) is 0 Å². The van der Waals surface area contributed by atoms with E-state index in [1.54, 1.807) is 12.2 Å². The number of hydrogen-bond acceptors (Lipinski definition) is 5. The maximum absolute atomic E-state index is 12.6. The van der Waals surface area contributed by atoms with Gasteiger partial charge in [0.15, 0.2) is 0 Å². The van der Waals surface area contributed by atoms with Crippen molar-refractivity contribution in [1.82, 2.24) is 14.9 Å². The summed E-state index contributed by atoms with van der Waals surface area (Å²) in [4.78, 5) is 32.6. The third-order valence-electron chi connectivity index (χ3n) is 5.15. The number of nitrogens with zero attached hydrogens (tertiary/aromatic N) is 1. The predicted octanol–water partition coefficient (Wildman–Crippen LogP) is 2.23. The van der Waals surface area contributed by atoms with Crippen LogP contribution in [0.5, 0.6) is 11.5 Å². The van der Waals surface area contributed by atoms with E-state index in [0.717, 1.165) is 48.4 Å². The van der Waals surface area contributed by atoms with Crippen molar-refractivity contribution >= 4 is 12.2 Å². The van der Waals surface area contributed by atoms with Crippen LogP contribution >= 0.6 is 0 Å². The van der Waals surface area contributed by atoms with Crippen LogP contribution in [0.1, 0.15) is 37.3 Å². The molecule has 180 valence electrons. The summed E-state index contributed by atoms with van der Waals surface area (Å²) in [6.45, 7) is 4.40. The molecule has 7 heteroatoms. The zero-order valence-corrected chi connectivity index (χ0v) is 20.1. The van der Waals surface area contributed by atoms with E-state index >= 15 is 0 Å². The fourth-order valence-electron chi connectivity index (χ4n) is 3.26. The fourth-order valence-corrected chi connectivity index (χ4v) is 3.26. The summed E-state index contributed by atoms with van der Waals surface area (Å²) in [6, 6.07) is 14.8. The van der Waals surface area contributed by atoms with Gasteiger partial charge in [-0.2, -0.15) is 0 Å². The van der Waals surface area contributed by atoms with Gasteiger partial charge in [0, 0.05) is 6.54 Å². The van der Waals surface area contributed by atoms with Crippen LogP contribution in [0.3, 0.4) is 0 Å². The molecule has 3 rings (SSSR count). The molecule has 0 saturated heterocycles. The molecule has 0 radical (unpaired) electrons. The smallest absolute Gasteiger partial charge is 0.272 e. The molecule has 0 saturated carbocycles. The number of ether oxygens (including phenoxy) is 2. The Bertz CT molecular complexity index is 1270. The van der Waals surface area contributed by atoms with Crippen LogP contribution in [-0.4, -0.2) is 48.7 Å². The van der Waals surface area contributed by atoms with Crippen LogP contribution in [0.15, 0.2) is 58.1 Å². The molecule has 0 unspecified atom stereocenters. The molecule has 7 nitrogen and oxygen atoms in total. The first kappa shape index (κ1) is 25.1. The second kappa shape index (κ2) is 12.6. The normalized spacial score (nSPS) is 12.4. The van der Waals surface area contributed by atoms with Crippen LogP contribution in [0.25, 0.3) is 12.2 Å². The lowest BCUT2D eigenvalue weighted by Gasteiger charge is -2.10. The highest BCUT2D eigenvalue weighted by Gasteiger charge is 2.00. The summed E-state index contributed by atoms with van der Waals surface area (Å²) < 4.78 is 11.4. The Morgan fingerprint density at radius 2 is 1.18 bits per heavy atom. The van der Waals surface area contributed by atoms with Gasteiger partial charge < -0.3 is 24.3 Å². The lowest BCUT2D eigenvalue weighted by molar-refractivity contribution is 0.281. The maximum atomic E-state index is 12.6. The van der Waals surface area contributed by atoms with Crippen LogP contribution in [0.4, 0.5) is 0 Å². The Balaban J connectivity index is 1.72. The SMILES string of the molecule is CCCCOc1ccc(/C=c2\[nH]c(=O)/c(=C/c3ccc(OCCCN(C)C)cc3)[nH]c2=O)cc1. The molecule has 0 amide bonds. The van der Waals surface area contributed by atoms with Gasteiger partial charge in [0.2, 0.25) is 0 Å². The van der Waals surface area contributed by atoms with E-state index in [0.29, 0.717) is 13.2 Å². The largest absolute Gasteiger partial charge is 0.494 e. The number of unbranched alkanes of at least 4 members (excludes halogenated alkanes) is 1. The van der Waals surface area contributed by atoms with E-state index in [9.17, 15) is 9.59 Å². The Labute approximate surface area is 199 Å². The van der Waals surface area contributed by atoms with Gasteiger partial charge in [-0.05, 0) is 74.5 Å². The molecule has 0 aliphatic carbocycles. The van der Waals surface area contributed by atoms with Gasteiger partial charge in [-0.15, -0.1) is 0 Å². The minimum Gasteiger partial charge on any atom is -0.494 e. The highest BCUT2D eigenvalue weighted by atomic mass is 16.5. The number of H-pyrrole nitrogens is 2. The van der Waals surface area contributed by atoms with Crippen LogP contribution in [0, 0.1) is 0 Å². The number of aromatic nitrogens is 2. The predicted molar refractivity (Wildman–Crippen MR) is 136 cm³/mol. The highest BCUT2D eigenvalue weighted by Crippen LogP contribution is 2.13. The van der Waals surface area contributed by atoms with E-state index in [4.69, 9.17) is 9.47 Å². The average molecular weight is 464 g/mol. The maximum Gasteiger partial charge on any atom is 0.272 e. The Morgan fingerprint density at radius 1 is 0.735 bits per heavy atom. The third-order valence-corrected chi connectivity index (χ3v) is 5.15. The van der Waals surface area contributed by atoms with E-state index in [1.807, 2.05) is 62.6 Å². The number of nitrogens with one attached hydrogen (secondary N) is 2. The van der Waals surface area contributed by atoms with E-state index < -0.39 is 0 Å². The van der Waals surface area contributed by atoms with Crippen LogP contribution in [-0.2, 0) is 0 Å². The standard InChI is InChI=1S/C27H33N3O4/c1-4-5-16-33-22-11-7-20(8-12-22)18-24-26(31)29-25(27(32)28-24)19-21-9-13-23(14-10-21)34-17-6-15-30(2)3/h7-14,18-19H,4-6,15-17H2,1-3H3,(H,28,32)(H,29,31)/b24-18-,25-19-. The molecule has 34 heavy (non-hydrogen) atoms. The van der Waals surface area contributed by atoms with Crippen molar-refractivity contribution in [3.05, 3.63) is 91.1 Å². The van der Waals surface area contributed by atoms with Gasteiger partial charge in [-0.3, -0.25) is 9.59 Å². The summed E-state index contributed by atoms with van der Waals surface area (Å²) in [7, 11) is 4.06. The molecule has 2 aromatic carbocycles. The minimum absolute atomic E-state index is 0.196. The molecule has 0 aliphatic rings. The Morgan fingerprint density at radius 3 is 1.59 bits per heavy atom. The highest BCUT2D eigenvalue weighted by molar-refractivity contribution is 5.51. The average Bonchev–Trinajstić information content (AvgIpc) is 2.82. The third kappa shape index (κ3) is 7.78. The molecule has 1 aromatic heterocycles. The van der Waals surface area contributed by atoms with Crippen molar-refractivity contribution in [3.8, 4) is 11.5 Å². The molecule has 0 spiro atoms. The number of benzene rings is 2. The van der Waals surface area contributed by atoms with Gasteiger partial charge in [0.05, 0.1) is 13.2 Å². The first-order valence-corrected chi connectivity index (χ1v) is 11.6. The zero-order chi connectivity index (χ0) is 24.3. The minimum atomic E-state index is -0.366. The molecule has 0 fully saturated rings. The molecule has 3 aromatic rings. The molecule has 1 heterocycles. The first-order chi connectivity index (χ1) is 16.4. The summed E-state index contributed by atoms with van der Waals surface area (Å²) in [6.07, 6.45) is 6.30. The Kier molecular flexibility index (Phi) is 9.29. The van der Waals surface area contributed by atoms with Crippen molar-refractivity contribution in [3.63, 3.8) is 0 Å². The van der Waals surface area contributed by atoms with Crippen LogP contribution < -0.4 is 31.3 Å². The summed E-state index contributed by atoms with van der Waals surface area (Å²) in [5, 5.41) is 0.393. The monoisotopic (exact) mass is 463 g/mol. The molecule has 2 N–H and O–H groups in total.